The third kappa shape index (κ3) is 3.43. The summed E-state index contributed by atoms with van der Waals surface area (Å²) in [6.07, 6.45) is 1.51. The maximum absolute atomic E-state index is 5.50. The minimum absolute atomic E-state index is 0.282. The predicted molar refractivity (Wildman–Crippen MR) is 83.3 cm³/mol. The third-order valence-electron chi connectivity index (χ3n) is 2.66. The Kier molecular flexibility index (Phi) is 4.73. The zero-order chi connectivity index (χ0) is 13.8. The van der Waals surface area contributed by atoms with E-state index in [9.17, 15) is 0 Å². The molecule has 0 saturated heterocycles. The highest BCUT2D eigenvalue weighted by molar-refractivity contribution is 9.11. The van der Waals surface area contributed by atoms with Crippen LogP contribution in [0.1, 0.15) is 30.2 Å². The van der Waals surface area contributed by atoms with Crippen molar-refractivity contribution in [3.63, 3.8) is 0 Å². The van der Waals surface area contributed by atoms with E-state index in [1.165, 1.54) is 11.2 Å². The molecule has 102 valence electrons. The molecule has 0 bridgehead atoms. The smallest absolute Gasteiger partial charge is 0.148 e. The Bertz CT molecular complexity index is 555. The Labute approximate surface area is 124 Å². The summed E-state index contributed by atoms with van der Waals surface area (Å²) in [5, 5.41) is 3.34. The molecule has 0 unspecified atom stereocenters. The number of hydrogen-bond donors (Lipinski definition) is 3. The second-order valence-electron chi connectivity index (χ2n) is 4.34. The van der Waals surface area contributed by atoms with Gasteiger partial charge in [0.25, 0.3) is 0 Å². The first-order valence-electron chi connectivity index (χ1n) is 5.91. The van der Waals surface area contributed by atoms with Gasteiger partial charge in [0.05, 0.1) is 10.3 Å². The summed E-state index contributed by atoms with van der Waals surface area (Å²) in [5.74, 6) is 7.27. The topological polar surface area (TPSA) is 75.9 Å². The lowest BCUT2D eigenvalue weighted by atomic mass is 10.0. The molecule has 0 aliphatic rings. The van der Waals surface area contributed by atoms with Crippen LogP contribution in [0.4, 0.5) is 11.6 Å². The average Bonchev–Trinajstić information content (AvgIpc) is 2.81. The number of nitrogens with two attached hydrogens (primary N) is 1. The lowest BCUT2D eigenvalue weighted by molar-refractivity contribution is 0.845. The van der Waals surface area contributed by atoms with Crippen LogP contribution in [0.25, 0.3) is 0 Å². The lowest BCUT2D eigenvalue weighted by Crippen LogP contribution is -2.14. The van der Waals surface area contributed by atoms with Gasteiger partial charge in [-0.2, -0.15) is 0 Å². The first-order chi connectivity index (χ1) is 9.11. The fourth-order valence-electron chi connectivity index (χ4n) is 1.82. The summed E-state index contributed by atoms with van der Waals surface area (Å²) in [6, 6.07) is 4.12. The first-order valence-corrected chi connectivity index (χ1v) is 7.52. The molecular weight excluding hydrogens is 326 g/mol. The molecule has 4 N–H and O–H groups in total. The monoisotopic (exact) mass is 341 g/mol. The number of rotatable bonds is 5. The Hall–Kier alpha value is -1.18. The molecule has 0 radical (unpaired) electrons. The minimum Gasteiger partial charge on any atom is -0.365 e. The van der Waals surface area contributed by atoms with Gasteiger partial charge in [0.2, 0.25) is 0 Å². The fourth-order valence-corrected chi connectivity index (χ4v) is 3.24. The number of nitrogens with one attached hydrogen (secondary N) is 2. The number of aromatic nitrogens is 2. The van der Waals surface area contributed by atoms with E-state index in [0.717, 1.165) is 21.7 Å². The van der Waals surface area contributed by atoms with Crippen LogP contribution in [0.15, 0.2) is 22.2 Å². The molecule has 0 amide bonds. The second kappa shape index (κ2) is 6.31. The van der Waals surface area contributed by atoms with Crippen molar-refractivity contribution in [3.05, 3.63) is 32.7 Å². The zero-order valence-electron chi connectivity index (χ0n) is 10.8. The van der Waals surface area contributed by atoms with Gasteiger partial charge in [-0.05, 0) is 34.0 Å². The van der Waals surface area contributed by atoms with Crippen molar-refractivity contribution in [1.29, 1.82) is 0 Å². The van der Waals surface area contributed by atoms with Gasteiger partial charge in [-0.1, -0.05) is 13.8 Å². The predicted octanol–water partition coefficient (Wildman–Crippen LogP) is 3.32. The molecule has 0 aliphatic heterocycles. The highest BCUT2D eigenvalue weighted by atomic mass is 79.9. The number of thiophene rings is 1. The molecule has 19 heavy (non-hydrogen) atoms. The standard InChI is InChI=1S/C12H16BrN5S/c1-7(2)10-11(16-6-17-12(10)18-14)15-5-8-3-4-9(13)19-8/h3-4,6-7H,5,14H2,1-2H3,(H2,15,16,17,18). The van der Waals surface area contributed by atoms with E-state index in [-0.39, 0.29) is 5.92 Å². The summed E-state index contributed by atoms with van der Waals surface area (Å²) >= 11 is 5.16. The highest BCUT2D eigenvalue weighted by Crippen LogP contribution is 2.29. The van der Waals surface area contributed by atoms with Gasteiger partial charge in [0.15, 0.2) is 0 Å². The van der Waals surface area contributed by atoms with Gasteiger partial charge in [-0.3, -0.25) is 0 Å². The molecule has 0 atom stereocenters. The van der Waals surface area contributed by atoms with Crippen molar-refractivity contribution in [1.82, 2.24) is 9.97 Å². The molecule has 5 nitrogen and oxygen atoms in total. The number of hydrazine groups is 1. The largest absolute Gasteiger partial charge is 0.365 e. The van der Waals surface area contributed by atoms with E-state index in [0.29, 0.717) is 5.82 Å². The molecule has 2 heterocycles. The molecule has 7 heteroatoms. The number of hydrogen-bond acceptors (Lipinski definition) is 6. The molecule has 0 aliphatic carbocycles. The molecule has 0 spiro atoms. The van der Waals surface area contributed by atoms with Crippen LogP contribution < -0.4 is 16.6 Å². The Morgan fingerprint density at radius 2 is 2.05 bits per heavy atom. The Morgan fingerprint density at radius 1 is 1.32 bits per heavy atom. The van der Waals surface area contributed by atoms with E-state index in [4.69, 9.17) is 5.84 Å². The van der Waals surface area contributed by atoms with Crippen molar-refractivity contribution >= 4 is 38.9 Å². The summed E-state index contributed by atoms with van der Waals surface area (Å²) in [7, 11) is 0. The molecular formula is C12H16BrN5S. The van der Waals surface area contributed by atoms with E-state index in [2.05, 4.69) is 56.6 Å². The fraction of sp³-hybridized carbons (Fsp3) is 0.333. The van der Waals surface area contributed by atoms with Gasteiger partial charge in [-0.25, -0.2) is 15.8 Å². The van der Waals surface area contributed by atoms with Gasteiger partial charge in [0.1, 0.15) is 18.0 Å². The quantitative estimate of drug-likeness (QED) is 0.574. The summed E-state index contributed by atoms with van der Waals surface area (Å²) < 4.78 is 1.13. The lowest BCUT2D eigenvalue weighted by Gasteiger charge is -2.16. The maximum atomic E-state index is 5.50. The van der Waals surface area contributed by atoms with E-state index >= 15 is 0 Å². The number of nitrogens with zero attached hydrogens (tertiary/aromatic N) is 2. The Balaban J connectivity index is 2.19. The van der Waals surface area contributed by atoms with Gasteiger partial charge >= 0.3 is 0 Å². The molecule has 2 rings (SSSR count). The molecule has 0 aromatic carbocycles. The van der Waals surface area contributed by atoms with Crippen molar-refractivity contribution in [2.24, 2.45) is 5.84 Å². The number of nitrogen functional groups attached to an aromatic ring is 1. The molecule has 0 saturated carbocycles. The zero-order valence-corrected chi connectivity index (χ0v) is 13.2. The number of halogens is 1. The first kappa shape index (κ1) is 14.2. The van der Waals surface area contributed by atoms with Crippen LogP contribution in [0.5, 0.6) is 0 Å². The summed E-state index contributed by atoms with van der Waals surface area (Å²) in [4.78, 5) is 9.69. The van der Waals surface area contributed by atoms with Crippen LogP contribution in [-0.2, 0) is 6.54 Å². The maximum Gasteiger partial charge on any atom is 0.148 e. The van der Waals surface area contributed by atoms with E-state index < -0.39 is 0 Å². The summed E-state index contributed by atoms with van der Waals surface area (Å²) in [6.45, 7) is 4.91. The normalized spacial score (nSPS) is 10.8. The molecule has 2 aromatic heterocycles. The van der Waals surface area contributed by atoms with Gasteiger partial charge < -0.3 is 10.7 Å². The molecule has 0 fully saturated rings. The minimum atomic E-state index is 0.282. The van der Waals surface area contributed by atoms with E-state index in [1.807, 2.05) is 6.07 Å². The highest BCUT2D eigenvalue weighted by Gasteiger charge is 2.14. The van der Waals surface area contributed by atoms with Crippen LogP contribution in [0.3, 0.4) is 0 Å². The van der Waals surface area contributed by atoms with Crippen LogP contribution >= 0.6 is 27.3 Å². The van der Waals surface area contributed by atoms with Crippen molar-refractivity contribution in [2.45, 2.75) is 26.3 Å². The van der Waals surface area contributed by atoms with Crippen molar-refractivity contribution in [3.8, 4) is 0 Å². The third-order valence-corrected chi connectivity index (χ3v) is 4.28. The van der Waals surface area contributed by atoms with Gasteiger partial charge in [-0.15, -0.1) is 11.3 Å². The second-order valence-corrected chi connectivity index (χ2v) is 6.89. The van der Waals surface area contributed by atoms with Gasteiger partial charge in [0, 0.05) is 10.4 Å². The van der Waals surface area contributed by atoms with Crippen LogP contribution in [-0.4, -0.2) is 9.97 Å². The number of anilines is 2. The van der Waals surface area contributed by atoms with Crippen LogP contribution in [0.2, 0.25) is 0 Å². The van der Waals surface area contributed by atoms with Crippen molar-refractivity contribution < 1.29 is 0 Å². The summed E-state index contributed by atoms with van der Waals surface area (Å²) in [5.41, 5.74) is 3.62. The average molecular weight is 342 g/mol. The van der Waals surface area contributed by atoms with Crippen molar-refractivity contribution in [2.75, 3.05) is 10.7 Å². The Morgan fingerprint density at radius 3 is 2.63 bits per heavy atom. The molecule has 2 aromatic rings. The van der Waals surface area contributed by atoms with E-state index in [1.54, 1.807) is 11.3 Å². The van der Waals surface area contributed by atoms with Crippen LogP contribution in [0, 0.1) is 0 Å². The SMILES string of the molecule is CC(C)c1c(NN)ncnc1NCc1ccc(Br)s1.